The van der Waals surface area contributed by atoms with E-state index in [1.165, 1.54) is 6.07 Å². The minimum absolute atomic E-state index is 0.0861. The van der Waals surface area contributed by atoms with Crippen molar-refractivity contribution in [3.05, 3.63) is 27.9 Å². The first-order valence-corrected chi connectivity index (χ1v) is 5.43. The first-order valence-electron chi connectivity index (χ1n) is 5.43. The summed E-state index contributed by atoms with van der Waals surface area (Å²) in [4.78, 5) is 25.0. The van der Waals surface area contributed by atoms with Crippen LogP contribution in [0, 0.1) is 23.0 Å². The van der Waals surface area contributed by atoms with Crippen LogP contribution in [0.4, 0.5) is 11.5 Å². The second kappa shape index (κ2) is 5.44. The van der Waals surface area contributed by atoms with E-state index in [0.717, 1.165) is 6.20 Å². The molecular weight excluding hydrogens is 238 g/mol. The van der Waals surface area contributed by atoms with Crippen LogP contribution in [0.2, 0.25) is 0 Å². The first-order chi connectivity index (χ1) is 8.32. The maximum absolute atomic E-state index is 11.0. The molecule has 1 rings (SSSR count). The molecule has 1 heterocycles. The van der Waals surface area contributed by atoms with Crippen molar-refractivity contribution in [3.63, 3.8) is 0 Å². The summed E-state index contributed by atoms with van der Waals surface area (Å²) in [6, 6.07) is 0.689. The van der Waals surface area contributed by atoms with Gasteiger partial charge in [0.05, 0.1) is 4.92 Å². The number of carboxylic acid groups (broad SMARTS) is 1. The van der Waals surface area contributed by atoms with Crippen molar-refractivity contribution in [2.24, 2.45) is 5.92 Å². The summed E-state index contributed by atoms with van der Waals surface area (Å²) >= 11 is 0. The van der Waals surface area contributed by atoms with Gasteiger partial charge in [0.15, 0.2) is 0 Å². The fourth-order valence-electron chi connectivity index (χ4n) is 1.49. The number of carbonyl (C=O) groups is 1. The molecule has 7 nitrogen and oxygen atoms in total. The third-order valence-electron chi connectivity index (χ3n) is 2.52. The SMILES string of the molecule is Cc1cc(NC(C(=O)O)C(C)C)ncc1[N+](=O)[O-]. The number of aryl methyl sites for hydroxylation is 1. The molecular formula is C11H15N3O4. The zero-order chi connectivity index (χ0) is 13.9. The number of pyridine rings is 1. The lowest BCUT2D eigenvalue weighted by molar-refractivity contribution is -0.385. The molecule has 0 fully saturated rings. The summed E-state index contributed by atoms with van der Waals surface area (Å²) in [5.74, 6) is -0.790. The average molecular weight is 253 g/mol. The second-order valence-electron chi connectivity index (χ2n) is 4.32. The number of anilines is 1. The van der Waals surface area contributed by atoms with Gasteiger partial charge in [0.2, 0.25) is 0 Å². The zero-order valence-electron chi connectivity index (χ0n) is 10.4. The van der Waals surface area contributed by atoms with Gasteiger partial charge in [0.1, 0.15) is 18.1 Å². The molecule has 0 aliphatic carbocycles. The van der Waals surface area contributed by atoms with E-state index in [1.54, 1.807) is 20.8 Å². The Labute approximate surface area is 104 Å². The highest BCUT2D eigenvalue weighted by Crippen LogP contribution is 2.20. The number of nitro groups is 1. The van der Waals surface area contributed by atoms with Gasteiger partial charge in [-0.2, -0.15) is 0 Å². The number of aliphatic carboxylic acids is 1. The minimum Gasteiger partial charge on any atom is -0.480 e. The van der Waals surface area contributed by atoms with Crippen molar-refractivity contribution in [2.75, 3.05) is 5.32 Å². The Morgan fingerprint density at radius 3 is 2.56 bits per heavy atom. The number of nitrogens with one attached hydrogen (secondary N) is 1. The van der Waals surface area contributed by atoms with E-state index in [9.17, 15) is 14.9 Å². The van der Waals surface area contributed by atoms with Crippen LogP contribution in [0.1, 0.15) is 19.4 Å². The Kier molecular flexibility index (Phi) is 4.19. The van der Waals surface area contributed by atoms with Crippen LogP contribution >= 0.6 is 0 Å². The zero-order valence-corrected chi connectivity index (χ0v) is 10.4. The molecule has 0 bridgehead atoms. The molecule has 1 aromatic rings. The predicted octanol–water partition coefficient (Wildman–Crippen LogP) is 1.82. The molecule has 0 aromatic carbocycles. The van der Waals surface area contributed by atoms with Crippen LogP contribution in [-0.4, -0.2) is 27.0 Å². The van der Waals surface area contributed by atoms with Crippen molar-refractivity contribution >= 4 is 17.5 Å². The van der Waals surface area contributed by atoms with Gasteiger partial charge in [-0.1, -0.05) is 13.8 Å². The molecule has 18 heavy (non-hydrogen) atoms. The Balaban J connectivity index is 2.95. The van der Waals surface area contributed by atoms with Gasteiger partial charge in [0, 0.05) is 5.56 Å². The molecule has 1 atom stereocenters. The van der Waals surface area contributed by atoms with E-state index in [0.29, 0.717) is 11.4 Å². The molecule has 0 aliphatic rings. The lowest BCUT2D eigenvalue weighted by Crippen LogP contribution is -2.34. The lowest BCUT2D eigenvalue weighted by Gasteiger charge is -2.18. The van der Waals surface area contributed by atoms with Crippen molar-refractivity contribution in [3.8, 4) is 0 Å². The Hall–Kier alpha value is -2.18. The molecule has 98 valence electrons. The molecule has 0 spiro atoms. The highest BCUT2D eigenvalue weighted by molar-refractivity contribution is 5.77. The number of hydrogen-bond donors (Lipinski definition) is 2. The molecule has 0 saturated carbocycles. The molecule has 0 aliphatic heterocycles. The summed E-state index contributed by atoms with van der Waals surface area (Å²) in [7, 11) is 0. The summed E-state index contributed by atoms with van der Waals surface area (Å²) in [6.45, 7) is 5.12. The highest BCUT2D eigenvalue weighted by atomic mass is 16.6. The van der Waals surface area contributed by atoms with Gasteiger partial charge in [-0.05, 0) is 18.9 Å². The van der Waals surface area contributed by atoms with Gasteiger partial charge < -0.3 is 10.4 Å². The van der Waals surface area contributed by atoms with Crippen LogP contribution in [-0.2, 0) is 4.79 Å². The molecule has 0 radical (unpaired) electrons. The first kappa shape index (κ1) is 13.9. The summed E-state index contributed by atoms with van der Waals surface area (Å²) in [5.41, 5.74) is 0.349. The van der Waals surface area contributed by atoms with Gasteiger partial charge >= 0.3 is 5.97 Å². The van der Waals surface area contributed by atoms with Crippen LogP contribution in [0.15, 0.2) is 12.3 Å². The number of carboxylic acids is 1. The van der Waals surface area contributed by atoms with Crippen LogP contribution < -0.4 is 5.32 Å². The summed E-state index contributed by atoms with van der Waals surface area (Å²) in [6.07, 6.45) is 1.12. The van der Waals surface area contributed by atoms with Crippen molar-refractivity contribution in [1.29, 1.82) is 0 Å². The molecule has 0 amide bonds. The van der Waals surface area contributed by atoms with Gasteiger partial charge in [-0.15, -0.1) is 0 Å². The van der Waals surface area contributed by atoms with E-state index >= 15 is 0 Å². The van der Waals surface area contributed by atoms with Gasteiger partial charge in [0.25, 0.3) is 5.69 Å². The van der Waals surface area contributed by atoms with E-state index < -0.39 is 16.9 Å². The third-order valence-corrected chi connectivity index (χ3v) is 2.52. The van der Waals surface area contributed by atoms with Crippen LogP contribution in [0.5, 0.6) is 0 Å². The smallest absolute Gasteiger partial charge is 0.326 e. The normalized spacial score (nSPS) is 12.2. The minimum atomic E-state index is -0.984. The number of nitrogens with zero attached hydrogens (tertiary/aromatic N) is 2. The highest BCUT2D eigenvalue weighted by Gasteiger charge is 2.22. The lowest BCUT2D eigenvalue weighted by atomic mass is 10.0. The second-order valence-corrected chi connectivity index (χ2v) is 4.32. The average Bonchev–Trinajstić information content (AvgIpc) is 2.24. The summed E-state index contributed by atoms with van der Waals surface area (Å²) < 4.78 is 0. The predicted molar refractivity (Wildman–Crippen MR) is 65.5 cm³/mol. The Morgan fingerprint density at radius 1 is 1.56 bits per heavy atom. The van der Waals surface area contributed by atoms with Crippen molar-refractivity contribution in [1.82, 2.24) is 4.98 Å². The van der Waals surface area contributed by atoms with Crippen molar-refractivity contribution < 1.29 is 14.8 Å². The molecule has 2 N–H and O–H groups in total. The maximum atomic E-state index is 11.0. The fourth-order valence-corrected chi connectivity index (χ4v) is 1.49. The van der Waals surface area contributed by atoms with Gasteiger partial charge in [-0.3, -0.25) is 10.1 Å². The fraction of sp³-hybridized carbons (Fsp3) is 0.455. The van der Waals surface area contributed by atoms with E-state index in [4.69, 9.17) is 5.11 Å². The third kappa shape index (κ3) is 3.16. The van der Waals surface area contributed by atoms with Crippen LogP contribution in [0.25, 0.3) is 0 Å². The molecule has 1 aromatic heterocycles. The van der Waals surface area contributed by atoms with E-state index in [2.05, 4.69) is 10.3 Å². The van der Waals surface area contributed by atoms with E-state index in [-0.39, 0.29) is 11.6 Å². The van der Waals surface area contributed by atoms with Crippen LogP contribution in [0.3, 0.4) is 0 Å². The quantitative estimate of drug-likeness (QED) is 0.612. The molecule has 7 heteroatoms. The number of rotatable bonds is 5. The Bertz CT molecular complexity index is 473. The topological polar surface area (TPSA) is 105 Å². The van der Waals surface area contributed by atoms with Crippen molar-refractivity contribution in [2.45, 2.75) is 26.8 Å². The largest absolute Gasteiger partial charge is 0.480 e. The monoisotopic (exact) mass is 253 g/mol. The Morgan fingerprint density at radius 2 is 2.17 bits per heavy atom. The standard InChI is InChI=1S/C11H15N3O4/c1-6(2)10(11(15)16)13-9-4-7(3)8(5-12-9)14(17)18/h4-6,10H,1-3H3,(H,12,13)(H,15,16). The maximum Gasteiger partial charge on any atom is 0.326 e. The number of hydrogen-bond acceptors (Lipinski definition) is 5. The molecule has 1 unspecified atom stereocenters. The van der Waals surface area contributed by atoms with Gasteiger partial charge in [-0.25, -0.2) is 9.78 Å². The molecule has 0 saturated heterocycles. The summed E-state index contributed by atoms with van der Waals surface area (Å²) in [5, 5.41) is 22.4. The van der Waals surface area contributed by atoms with E-state index in [1.807, 2.05) is 0 Å². The number of aromatic nitrogens is 1.